The van der Waals surface area contributed by atoms with Gasteiger partial charge in [-0.25, -0.2) is 9.97 Å². The molecule has 14 nitrogen and oxygen atoms in total. The molecule has 1 aliphatic heterocycles. The molecule has 0 aromatic carbocycles. The van der Waals surface area contributed by atoms with Gasteiger partial charge in [-0.1, -0.05) is 13.5 Å². The van der Waals surface area contributed by atoms with E-state index >= 15 is 0 Å². The number of anilines is 3. The highest BCUT2D eigenvalue weighted by Crippen LogP contribution is 2.40. The molecule has 0 aliphatic carbocycles. The van der Waals surface area contributed by atoms with E-state index < -0.39 is 5.91 Å². The topological polar surface area (TPSA) is 159 Å². The number of carbonyl (C=O) groups is 1. The Bertz CT molecular complexity index is 1120. The molecule has 2 aromatic rings. The molecule has 3 rings (SSSR count). The number of nitrogens with zero attached hydrogens (tertiary/aromatic N) is 6. The summed E-state index contributed by atoms with van der Waals surface area (Å²) in [6, 6.07) is 1.45. The lowest BCUT2D eigenvalue weighted by molar-refractivity contribution is -0.111. The third kappa shape index (κ3) is 10.9. The van der Waals surface area contributed by atoms with E-state index in [4.69, 9.17) is 34.4 Å². The minimum absolute atomic E-state index is 0.172. The second kappa shape index (κ2) is 17.5. The van der Waals surface area contributed by atoms with Crippen molar-refractivity contribution in [3.05, 3.63) is 18.7 Å². The fraction of sp³-hybridized carbons (Fsp3) is 0.577. The van der Waals surface area contributed by atoms with Crippen molar-refractivity contribution in [3.8, 4) is 11.8 Å². The van der Waals surface area contributed by atoms with Gasteiger partial charge in [-0.3, -0.25) is 4.79 Å². The van der Waals surface area contributed by atoms with E-state index in [2.05, 4.69) is 50.6 Å². The highest BCUT2D eigenvalue weighted by atomic mass is 32.2. The number of piperazine rings is 1. The zero-order valence-corrected chi connectivity index (χ0v) is 24.8. The van der Waals surface area contributed by atoms with Crippen molar-refractivity contribution in [1.29, 1.82) is 0 Å². The number of nitrogens with two attached hydrogens (primary N) is 1. The van der Waals surface area contributed by atoms with Crippen LogP contribution in [0.4, 0.5) is 17.6 Å². The Labute approximate surface area is 245 Å². The monoisotopic (exact) mass is 592 g/mol. The average molecular weight is 593 g/mol. The maximum atomic E-state index is 11.8. The van der Waals surface area contributed by atoms with Crippen LogP contribution in [0, 0.1) is 0 Å². The molecule has 0 spiro atoms. The maximum absolute atomic E-state index is 11.8. The molecule has 2 aromatic heterocycles. The molecule has 3 N–H and O–H groups in total. The molecule has 0 bridgehead atoms. The first kappa shape index (κ1) is 32.3. The first-order valence-corrected chi connectivity index (χ1v) is 14.3. The average Bonchev–Trinajstić information content (AvgIpc) is 2.96. The van der Waals surface area contributed by atoms with E-state index in [1.54, 1.807) is 0 Å². The first-order chi connectivity index (χ1) is 19.9. The number of ether oxygens (including phenoxy) is 5. The second-order valence-corrected chi connectivity index (χ2v) is 9.88. The number of likely N-dealkylation sites (N-methyl/N-ethyl adjacent to an activating group) is 1. The zero-order valence-electron chi connectivity index (χ0n) is 24.0. The van der Waals surface area contributed by atoms with Crippen molar-refractivity contribution < 1.29 is 28.5 Å². The number of nitrogens with one attached hydrogen (secondary N) is 1. The largest absolute Gasteiger partial charge is 0.480 e. The Morgan fingerprint density at radius 1 is 1.00 bits per heavy atom. The Morgan fingerprint density at radius 3 is 2.27 bits per heavy atom. The van der Waals surface area contributed by atoms with E-state index in [9.17, 15) is 4.79 Å². The van der Waals surface area contributed by atoms with Gasteiger partial charge in [0.2, 0.25) is 23.6 Å². The van der Waals surface area contributed by atoms with Crippen LogP contribution in [0.5, 0.6) is 11.8 Å². The van der Waals surface area contributed by atoms with Crippen LogP contribution in [0.15, 0.2) is 28.8 Å². The van der Waals surface area contributed by atoms with Gasteiger partial charge in [-0.15, -0.1) is 0 Å². The third-order valence-electron chi connectivity index (χ3n) is 5.69. The third-order valence-corrected chi connectivity index (χ3v) is 6.60. The smallest absolute Gasteiger partial charge is 0.248 e. The molecule has 1 aliphatic rings. The molecule has 15 heteroatoms. The highest BCUT2D eigenvalue weighted by molar-refractivity contribution is 7.99. The quantitative estimate of drug-likeness (QED) is 0.146. The van der Waals surface area contributed by atoms with Crippen LogP contribution in [0.3, 0.4) is 0 Å². The predicted octanol–water partition coefficient (Wildman–Crippen LogP) is 1.72. The Hall–Kier alpha value is -3.24. The summed E-state index contributed by atoms with van der Waals surface area (Å²) in [6.45, 7) is 12.1. The molecule has 41 heavy (non-hydrogen) atoms. The fourth-order valence-electron chi connectivity index (χ4n) is 3.58. The lowest BCUT2D eigenvalue weighted by Gasteiger charge is -2.32. The van der Waals surface area contributed by atoms with Crippen molar-refractivity contribution in [2.45, 2.75) is 23.4 Å². The van der Waals surface area contributed by atoms with E-state index in [0.29, 0.717) is 55.6 Å². The van der Waals surface area contributed by atoms with Gasteiger partial charge >= 0.3 is 0 Å². The zero-order chi connectivity index (χ0) is 29.5. The minimum Gasteiger partial charge on any atom is -0.480 e. The van der Waals surface area contributed by atoms with Crippen molar-refractivity contribution in [2.75, 3.05) is 103 Å². The summed E-state index contributed by atoms with van der Waals surface area (Å²) in [6.07, 6.45) is 2.13. The molecule has 0 atom stereocenters. The number of rotatable bonds is 18. The summed E-state index contributed by atoms with van der Waals surface area (Å²) in [5.41, 5.74) is 5.97. The van der Waals surface area contributed by atoms with Crippen LogP contribution in [0.25, 0.3) is 0 Å². The number of nitrogen functional groups attached to an aromatic ring is 1. The molecular weight excluding hydrogens is 552 g/mol. The normalized spacial score (nSPS) is 13.7. The summed E-state index contributed by atoms with van der Waals surface area (Å²) in [5, 5.41) is 2.84. The van der Waals surface area contributed by atoms with Gasteiger partial charge in [0.25, 0.3) is 0 Å². The number of aromatic nitrogens is 4. The van der Waals surface area contributed by atoms with Crippen molar-refractivity contribution >= 4 is 35.3 Å². The van der Waals surface area contributed by atoms with Gasteiger partial charge in [-0.05, 0) is 31.3 Å². The van der Waals surface area contributed by atoms with Crippen LogP contribution in [-0.4, -0.2) is 117 Å². The number of hydrogen-bond donors (Lipinski definition) is 2. The Morgan fingerprint density at radius 2 is 1.63 bits per heavy atom. The van der Waals surface area contributed by atoms with Crippen LogP contribution in [0.2, 0.25) is 0 Å². The number of hydrogen-bond acceptors (Lipinski definition) is 14. The summed E-state index contributed by atoms with van der Waals surface area (Å²) >= 11 is 1.11. The molecular formula is C26H40N8O6S. The van der Waals surface area contributed by atoms with Gasteiger partial charge in [0.05, 0.1) is 40.1 Å². The molecule has 0 saturated carbocycles. The SMILES string of the molecule is C=CC(=O)Nc1cc(N)nc(Sc2c(OC)nc(N3CCN(C)CC3)nc2OCCOCCOCCOCCC)n1. The number of amides is 1. The Kier molecular flexibility index (Phi) is 13.8. The molecule has 1 fully saturated rings. The summed E-state index contributed by atoms with van der Waals surface area (Å²) in [4.78, 5) is 34.6. The van der Waals surface area contributed by atoms with Gasteiger partial charge in [0, 0.05) is 38.9 Å². The molecule has 3 heterocycles. The van der Waals surface area contributed by atoms with E-state index in [0.717, 1.165) is 57.0 Å². The Balaban J connectivity index is 1.71. The van der Waals surface area contributed by atoms with Gasteiger partial charge in [0.1, 0.15) is 23.1 Å². The lowest BCUT2D eigenvalue weighted by atomic mass is 10.3. The molecule has 0 radical (unpaired) electrons. The van der Waals surface area contributed by atoms with Crippen LogP contribution >= 0.6 is 11.8 Å². The number of carbonyl (C=O) groups excluding carboxylic acids is 1. The second-order valence-electron chi connectivity index (χ2n) is 8.90. The molecule has 1 saturated heterocycles. The summed E-state index contributed by atoms with van der Waals surface area (Å²) < 4.78 is 28.3. The minimum atomic E-state index is -0.421. The van der Waals surface area contributed by atoms with Gasteiger partial charge in [-0.2, -0.15) is 9.97 Å². The van der Waals surface area contributed by atoms with E-state index in [1.807, 2.05) is 0 Å². The highest BCUT2D eigenvalue weighted by Gasteiger charge is 2.24. The van der Waals surface area contributed by atoms with Gasteiger partial charge in [0.15, 0.2) is 5.16 Å². The molecule has 226 valence electrons. The maximum Gasteiger partial charge on any atom is 0.248 e. The van der Waals surface area contributed by atoms with Crippen LogP contribution in [-0.2, 0) is 19.0 Å². The summed E-state index contributed by atoms with van der Waals surface area (Å²) in [7, 11) is 3.60. The van der Waals surface area contributed by atoms with Crippen LogP contribution in [0.1, 0.15) is 13.3 Å². The number of methoxy groups -OCH3 is 1. The summed E-state index contributed by atoms with van der Waals surface area (Å²) in [5.74, 6) is 1.08. The van der Waals surface area contributed by atoms with Gasteiger partial charge < -0.3 is 44.5 Å². The standard InChI is InChI=1S/C26H40N8O6S/c1-5-11-37-12-13-38-14-15-39-16-17-40-24-22(41-26-28-19(27)18-20(30-26)29-21(35)6-2)23(36-4)31-25(32-24)34-9-7-33(3)8-10-34/h6,18H,2,5,7-17H2,1,3-4H3,(H3,27,28,29,30,35). The van der Waals surface area contributed by atoms with E-state index in [1.165, 1.54) is 13.2 Å². The predicted molar refractivity (Wildman–Crippen MR) is 156 cm³/mol. The molecule has 1 amide bonds. The van der Waals surface area contributed by atoms with Crippen molar-refractivity contribution in [1.82, 2.24) is 24.8 Å². The lowest BCUT2D eigenvalue weighted by Crippen LogP contribution is -2.45. The van der Waals surface area contributed by atoms with Crippen molar-refractivity contribution in [2.24, 2.45) is 0 Å². The van der Waals surface area contributed by atoms with E-state index in [-0.39, 0.29) is 23.4 Å². The van der Waals surface area contributed by atoms with Crippen molar-refractivity contribution in [3.63, 3.8) is 0 Å². The van der Waals surface area contributed by atoms with Crippen LogP contribution < -0.4 is 25.4 Å². The fourth-order valence-corrected chi connectivity index (χ4v) is 4.46. The first-order valence-electron chi connectivity index (χ1n) is 13.4. The molecule has 0 unspecified atom stereocenters.